The number of hydrogen-bond donors (Lipinski definition) is 0. The van der Waals surface area contributed by atoms with Crippen molar-refractivity contribution < 1.29 is 14.3 Å². The number of morpholine rings is 1. The van der Waals surface area contributed by atoms with E-state index in [1.807, 2.05) is 23.1 Å². The fourth-order valence-electron chi connectivity index (χ4n) is 4.12. The number of nitrogens with zero attached hydrogens (tertiary/aromatic N) is 1. The Morgan fingerprint density at radius 1 is 1.27 bits per heavy atom. The predicted molar refractivity (Wildman–Crippen MR) is 103 cm³/mol. The highest BCUT2D eigenvalue weighted by molar-refractivity contribution is 6.31. The van der Waals surface area contributed by atoms with Gasteiger partial charge in [-0.2, -0.15) is 0 Å². The van der Waals surface area contributed by atoms with Crippen LogP contribution in [-0.2, 0) is 20.7 Å². The maximum absolute atomic E-state index is 13.0. The predicted octanol–water partition coefficient (Wildman–Crippen LogP) is 3.95. The van der Waals surface area contributed by atoms with Crippen LogP contribution in [0.1, 0.15) is 38.7 Å². The van der Waals surface area contributed by atoms with Gasteiger partial charge in [0.2, 0.25) is 5.91 Å². The van der Waals surface area contributed by atoms with E-state index >= 15 is 0 Å². The topological polar surface area (TPSA) is 38.8 Å². The molecule has 1 aromatic carbocycles. The standard InChI is InChI=1S/C21H30ClNO3/c1-16(2)19-14-21(7-10-26-19,13-17-5-3-4-6-18(17)22)15-20(24)23-8-11-25-12-9-23/h3-6,16,19H,7-15H2,1-2H3/t19-,21-/m0/s1. The SMILES string of the molecule is CC(C)[C@@H]1C[C@@](CC(=O)N2CCOCC2)(Cc2ccccc2Cl)CCO1. The van der Waals surface area contributed by atoms with E-state index in [1.165, 1.54) is 0 Å². The van der Waals surface area contributed by atoms with E-state index in [2.05, 4.69) is 19.9 Å². The van der Waals surface area contributed by atoms with Gasteiger partial charge in [0.05, 0.1) is 19.3 Å². The van der Waals surface area contributed by atoms with Gasteiger partial charge in [-0.05, 0) is 42.2 Å². The van der Waals surface area contributed by atoms with Crippen LogP contribution in [0, 0.1) is 11.3 Å². The first-order valence-electron chi connectivity index (χ1n) is 9.70. The summed E-state index contributed by atoms with van der Waals surface area (Å²) in [5.41, 5.74) is 1.04. The largest absolute Gasteiger partial charge is 0.378 e. The molecule has 144 valence electrons. The van der Waals surface area contributed by atoms with Crippen LogP contribution in [-0.4, -0.2) is 49.8 Å². The highest BCUT2D eigenvalue weighted by atomic mass is 35.5. The Morgan fingerprint density at radius 3 is 2.69 bits per heavy atom. The first kappa shape index (κ1) is 19.7. The molecule has 2 aliphatic rings. The third-order valence-corrected chi connectivity index (χ3v) is 6.12. The quantitative estimate of drug-likeness (QED) is 0.777. The van der Waals surface area contributed by atoms with Gasteiger partial charge < -0.3 is 14.4 Å². The number of rotatable bonds is 5. The molecule has 0 unspecified atom stereocenters. The summed E-state index contributed by atoms with van der Waals surface area (Å²) in [5, 5.41) is 0.790. The van der Waals surface area contributed by atoms with E-state index in [0.717, 1.165) is 29.8 Å². The first-order chi connectivity index (χ1) is 12.5. The first-order valence-corrected chi connectivity index (χ1v) is 10.1. The minimum atomic E-state index is -0.0897. The van der Waals surface area contributed by atoms with Crippen LogP contribution in [0.15, 0.2) is 24.3 Å². The van der Waals surface area contributed by atoms with Gasteiger partial charge in [0.25, 0.3) is 0 Å². The number of ether oxygens (including phenoxy) is 2. The molecule has 3 rings (SSSR count). The van der Waals surface area contributed by atoms with Crippen molar-refractivity contribution in [3.63, 3.8) is 0 Å². The zero-order chi connectivity index (χ0) is 18.6. The van der Waals surface area contributed by atoms with Crippen molar-refractivity contribution in [2.24, 2.45) is 11.3 Å². The molecule has 2 saturated heterocycles. The number of benzene rings is 1. The minimum absolute atomic E-state index is 0.0897. The molecule has 0 radical (unpaired) electrons. The summed E-state index contributed by atoms with van der Waals surface area (Å²) in [4.78, 5) is 15.0. The summed E-state index contributed by atoms with van der Waals surface area (Å²) in [6.07, 6.45) is 3.40. The summed E-state index contributed by atoms with van der Waals surface area (Å²) in [7, 11) is 0. The molecule has 2 atom stereocenters. The van der Waals surface area contributed by atoms with Crippen molar-refractivity contribution in [3.05, 3.63) is 34.9 Å². The Labute approximate surface area is 161 Å². The maximum atomic E-state index is 13.0. The monoisotopic (exact) mass is 379 g/mol. The van der Waals surface area contributed by atoms with Gasteiger partial charge in [0.15, 0.2) is 0 Å². The number of amides is 1. The van der Waals surface area contributed by atoms with Crippen LogP contribution in [0.4, 0.5) is 0 Å². The molecule has 5 heteroatoms. The van der Waals surface area contributed by atoms with E-state index in [4.69, 9.17) is 21.1 Å². The van der Waals surface area contributed by atoms with Gasteiger partial charge in [-0.25, -0.2) is 0 Å². The molecular formula is C21H30ClNO3. The Balaban J connectivity index is 1.81. The van der Waals surface area contributed by atoms with Gasteiger partial charge in [0, 0.05) is 31.1 Å². The molecule has 0 N–H and O–H groups in total. The molecule has 2 heterocycles. The molecule has 0 saturated carbocycles. The van der Waals surface area contributed by atoms with Crippen LogP contribution >= 0.6 is 11.6 Å². The van der Waals surface area contributed by atoms with E-state index in [1.54, 1.807) is 0 Å². The smallest absolute Gasteiger partial charge is 0.223 e. The van der Waals surface area contributed by atoms with Crippen LogP contribution in [0.3, 0.4) is 0 Å². The molecular weight excluding hydrogens is 350 g/mol. The summed E-state index contributed by atoms with van der Waals surface area (Å²) in [6, 6.07) is 8.01. The molecule has 1 aromatic rings. The lowest BCUT2D eigenvalue weighted by atomic mass is 9.69. The Kier molecular flexibility index (Phi) is 6.60. The van der Waals surface area contributed by atoms with Crippen molar-refractivity contribution >= 4 is 17.5 Å². The molecule has 0 bridgehead atoms. The van der Waals surface area contributed by atoms with Crippen molar-refractivity contribution in [3.8, 4) is 0 Å². The summed E-state index contributed by atoms with van der Waals surface area (Å²) >= 11 is 6.45. The zero-order valence-corrected chi connectivity index (χ0v) is 16.6. The van der Waals surface area contributed by atoms with Crippen molar-refractivity contribution in [1.29, 1.82) is 0 Å². The Morgan fingerprint density at radius 2 is 2.00 bits per heavy atom. The van der Waals surface area contributed by atoms with Crippen molar-refractivity contribution in [2.45, 2.75) is 45.6 Å². The summed E-state index contributed by atoms with van der Waals surface area (Å²) in [5.74, 6) is 0.684. The number of halogens is 1. The van der Waals surface area contributed by atoms with Crippen LogP contribution in [0.25, 0.3) is 0 Å². The molecule has 2 fully saturated rings. The number of carbonyl (C=O) groups excluding carboxylic acids is 1. The molecule has 1 amide bonds. The average molecular weight is 380 g/mol. The van der Waals surface area contributed by atoms with Crippen molar-refractivity contribution in [1.82, 2.24) is 4.90 Å². The minimum Gasteiger partial charge on any atom is -0.378 e. The zero-order valence-electron chi connectivity index (χ0n) is 15.9. The molecule has 0 aliphatic carbocycles. The van der Waals surface area contributed by atoms with Crippen LogP contribution in [0.5, 0.6) is 0 Å². The van der Waals surface area contributed by atoms with Gasteiger partial charge >= 0.3 is 0 Å². The average Bonchev–Trinajstić information content (AvgIpc) is 2.64. The maximum Gasteiger partial charge on any atom is 0.223 e. The Bertz CT molecular complexity index is 615. The lowest BCUT2D eigenvalue weighted by Crippen LogP contribution is -2.46. The Hall–Kier alpha value is -1.10. The lowest BCUT2D eigenvalue weighted by Gasteiger charge is -2.43. The molecule has 0 spiro atoms. The second kappa shape index (κ2) is 8.73. The fourth-order valence-corrected chi connectivity index (χ4v) is 4.32. The van der Waals surface area contributed by atoms with Gasteiger partial charge in [-0.15, -0.1) is 0 Å². The van der Waals surface area contributed by atoms with Crippen molar-refractivity contribution in [2.75, 3.05) is 32.9 Å². The summed E-state index contributed by atoms with van der Waals surface area (Å²) in [6.45, 7) is 7.78. The lowest BCUT2D eigenvalue weighted by molar-refractivity contribution is -0.142. The third kappa shape index (κ3) is 4.79. The second-order valence-corrected chi connectivity index (χ2v) is 8.45. The van der Waals surface area contributed by atoms with Gasteiger partial charge in [-0.1, -0.05) is 43.6 Å². The van der Waals surface area contributed by atoms with E-state index in [0.29, 0.717) is 45.2 Å². The molecule has 2 aliphatic heterocycles. The number of hydrogen-bond acceptors (Lipinski definition) is 3. The van der Waals surface area contributed by atoms with E-state index < -0.39 is 0 Å². The van der Waals surface area contributed by atoms with E-state index in [9.17, 15) is 4.79 Å². The highest BCUT2D eigenvalue weighted by Crippen LogP contribution is 2.43. The van der Waals surface area contributed by atoms with Crippen LogP contribution in [0.2, 0.25) is 5.02 Å². The molecule has 4 nitrogen and oxygen atoms in total. The van der Waals surface area contributed by atoms with E-state index in [-0.39, 0.29) is 17.4 Å². The third-order valence-electron chi connectivity index (χ3n) is 5.76. The summed E-state index contributed by atoms with van der Waals surface area (Å²) < 4.78 is 11.4. The van der Waals surface area contributed by atoms with Gasteiger partial charge in [-0.3, -0.25) is 4.79 Å². The van der Waals surface area contributed by atoms with Crippen LogP contribution < -0.4 is 0 Å². The van der Waals surface area contributed by atoms with Gasteiger partial charge in [0.1, 0.15) is 0 Å². The molecule has 0 aromatic heterocycles. The second-order valence-electron chi connectivity index (χ2n) is 8.05. The normalized spacial score (nSPS) is 26.9. The molecule has 26 heavy (non-hydrogen) atoms. The number of carbonyl (C=O) groups is 1. The fraction of sp³-hybridized carbons (Fsp3) is 0.667. The highest BCUT2D eigenvalue weighted by Gasteiger charge is 2.41.